The second kappa shape index (κ2) is 10.9. The van der Waals surface area contributed by atoms with Crippen molar-refractivity contribution in [1.29, 1.82) is 0 Å². The fraction of sp³-hybridized carbons (Fsp3) is 0.400. The number of anilines is 1. The van der Waals surface area contributed by atoms with E-state index in [1.165, 1.54) is 0 Å². The van der Waals surface area contributed by atoms with Gasteiger partial charge in [0.05, 0.1) is 6.54 Å². The van der Waals surface area contributed by atoms with Crippen LogP contribution in [0.15, 0.2) is 42.5 Å². The van der Waals surface area contributed by atoms with Gasteiger partial charge in [0.25, 0.3) is 5.91 Å². The van der Waals surface area contributed by atoms with Crippen molar-refractivity contribution in [1.82, 2.24) is 15.1 Å². The SMILES string of the molecule is Cc1cccc(C(=O)NCCC(=O)N2CCN(CC(=O)Nc3c(C)cccc3C)CC2)c1. The van der Waals surface area contributed by atoms with Crippen LogP contribution in [-0.4, -0.2) is 66.8 Å². The predicted octanol–water partition coefficient (Wildman–Crippen LogP) is 2.51. The van der Waals surface area contributed by atoms with Gasteiger partial charge in [-0.15, -0.1) is 0 Å². The van der Waals surface area contributed by atoms with Gasteiger partial charge in [-0.3, -0.25) is 19.3 Å². The molecule has 0 aromatic heterocycles. The lowest BCUT2D eigenvalue weighted by Crippen LogP contribution is -2.50. The molecule has 3 amide bonds. The van der Waals surface area contributed by atoms with Gasteiger partial charge in [-0.2, -0.15) is 0 Å². The van der Waals surface area contributed by atoms with Crippen molar-refractivity contribution in [2.45, 2.75) is 27.2 Å². The van der Waals surface area contributed by atoms with Crippen molar-refractivity contribution in [2.24, 2.45) is 0 Å². The summed E-state index contributed by atoms with van der Waals surface area (Å²) in [7, 11) is 0. The number of para-hydroxylation sites is 1. The van der Waals surface area contributed by atoms with E-state index in [9.17, 15) is 14.4 Å². The molecule has 0 aliphatic carbocycles. The summed E-state index contributed by atoms with van der Waals surface area (Å²) in [4.78, 5) is 41.0. The van der Waals surface area contributed by atoms with Gasteiger partial charge in [0, 0.05) is 50.4 Å². The van der Waals surface area contributed by atoms with Crippen molar-refractivity contribution in [3.8, 4) is 0 Å². The van der Waals surface area contributed by atoms with Crippen LogP contribution < -0.4 is 10.6 Å². The molecule has 0 saturated carbocycles. The third kappa shape index (κ3) is 6.40. The van der Waals surface area contributed by atoms with Crippen molar-refractivity contribution in [3.05, 3.63) is 64.7 Å². The maximum atomic E-state index is 12.5. The molecule has 7 heteroatoms. The molecule has 0 unspecified atom stereocenters. The van der Waals surface area contributed by atoms with Gasteiger partial charge in [-0.25, -0.2) is 0 Å². The molecule has 2 aromatic carbocycles. The fourth-order valence-electron chi connectivity index (χ4n) is 3.88. The number of hydrogen-bond donors (Lipinski definition) is 2. The largest absolute Gasteiger partial charge is 0.352 e. The maximum Gasteiger partial charge on any atom is 0.251 e. The van der Waals surface area contributed by atoms with E-state index in [2.05, 4.69) is 15.5 Å². The number of rotatable bonds is 7. The fourth-order valence-corrected chi connectivity index (χ4v) is 3.88. The highest BCUT2D eigenvalue weighted by atomic mass is 16.2. The minimum atomic E-state index is -0.166. The summed E-state index contributed by atoms with van der Waals surface area (Å²) in [6.45, 7) is 9.00. The topological polar surface area (TPSA) is 81.8 Å². The van der Waals surface area contributed by atoms with E-state index in [0.717, 1.165) is 22.4 Å². The van der Waals surface area contributed by atoms with E-state index in [4.69, 9.17) is 0 Å². The second-order valence-corrected chi connectivity index (χ2v) is 8.35. The zero-order chi connectivity index (χ0) is 23.1. The molecule has 1 aliphatic heterocycles. The normalized spacial score (nSPS) is 14.2. The Labute approximate surface area is 189 Å². The van der Waals surface area contributed by atoms with Crippen LogP contribution in [-0.2, 0) is 9.59 Å². The maximum absolute atomic E-state index is 12.5. The molecule has 3 rings (SSSR count). The summed E-state index contributed by atoms with van der Waals surface area (Å²) in [5, 5.41) is 5.83. The number of piperazine rings is 1. The minimum Gasteiger partial charge on any atom is -0.352 e. The Bertz CT molecular complexity index is 961. The van der Waals surface area contributed by atoms with E-state index in [0.29, 0.717) is 44.8 Å². The minimum absolute atomic E-state index is 0.0224. The Hall–Kier alpha value is -3.19. The second-order valence-electron chi connectivity index (χ2n) is 8.35. The molecule has 1 saturated heterocycles. The van der Waals surface area contributed by atoms with Crippen LogP contribution in [0.3, 0.4) is 0 Å². The highest BCUT2D eigenvalue weighted by Crippen LogP contribution is 2.19. The first kappa shape index (κ1) is 23.5. The van der Waals surface area contributed by atoms with Crippen LogP contribution in [0.4, 0.5) is 5.69 Å². The highest BCUT2D eigenvalue weighted by molar-refractivity contribution is 5.95. The van der Waals surface area contributed by atoms with E-state index >= 15 is 0 Å². The quantitative estimate of drug-likeness (QED) is 0.699. The molecule has 0 atom stereocenters. The molecule has 0 spiro atoms. The number of hydrogen-bond acceptors (Lipinski definition) is 4. The first-order valence-electron chi connectivity index (χ1n) is 11.0. The van der Waals surface area contributed by atoms with Crippen LogP contribution in [0.1, 0.15) is 33.5 Å². The Morgan fingerprint density at radius 2 is 1.56 bits per heavy atom. The van der Waals surface area contributed by atoms with Crippen LogP contribution >= 0.6 is 0 Å². The molecule has 170 valence electrons. The average Bonchev–Trinajstić information content (AvgIpc) is 2.76. The monoisotopic (exact) mass is 436 g/mol. The third-order valence-corrected chi connectivity index (χ3v) is 5.74. The molecular weight excluding hydrogens is 404 g/mol. The number of amides is 3. The Morgan fingerprint density at radius 1 is 0.906 bits per heavy atom. The summed E-state index contributed by atoms with van der Waals surface area (Å²) in [6, 6.07) is 13.3. The molecule has 1 aliphatic rings. The number of carbonyl (C=O) groups is 3. The number of nitrogens with one attached hydrogen (secondary N) is 2. The summed E-state index contributed by atoms with van der Waals surface area (Å²) in [5.74, 6) is -0.184. The number of nitrogens with zero attached hydrogens (tertiary/aromatic N) is 2. The van der Waals surface area contributed by atoms with Crippen LogP contribution in [0.2, 0.25) is 0 Å². The highest BCUT2D eigenvalue weighted by Gasteiger charge is 2.22. The Morgan fingerprint density at radius 3 is 2.22 bits per heavy atom. The lowest BCUT2D eigenvalue weighted by Gasteiger charge is -2.34. The first-order valence-corrected chi connectivity index (χ1v) is 11.0. The molecule has 2 N–H and O–H groups in total. The van der Waals surface area contributed by atoms with E-state index in [1.54, 1.807) is 11.0 Å². The number of carbonyl (C=O) groups excluding carboxylic acids is 3. The standard InChI is InChI=1S/C25H32N4O3/c1-18-6-4-9-21(16-18)25(32)26-11-10-23(31)29-14-12-28(13-15-29)17-22(30)27-24-19(2)7-5-8-20(24)3/h4-9,16H,10-15,17H2,1-3H3,(H,26,32)(H,27,30). The van der Waals surface area contributed by atoms with E-state index in [1.807, 2.05) is 57.2 Å². The lowest BCUT2D eigenvalue weighted by molar-refractivity contribution is -0.132. The van der Waals surface area contributed by atoms with Gasteiger partial charge in [-0.05, 0) is 44.0 Å². The Balaban J connectivity index is 1.38. The molecule has 2 aromatic rings. The van der Waals surface area contributed by atoms with Gasteiger partial charge in [0.15, 0.2) is 0 Å². The lowest BCUT2D eigenvalue weighted by atomic mass is 10.1. The molecule has 32 heavy (non-hydrogen) atoms. The molecule has 1 heterocycles. The summed E-state index contributed by atoms with van der Waals surface area (Å²) < 4.78 is 0. The first-order chi connectivity index (χ1) is 15.3. The van der Waals surface area contributed by atoms with Crippen LogP contribution in [0.5, 0.6) is 0 Å². The zero-order valence-corrected chi connectivity index (χ0v) is 19.1. The van der Waals surface area contributed by atoms with E-state index < -0.39 is 0 Å². The van der Waals surface area contributed by atoms with Crippen LogP contribution in [0.25, 0.3) is 0 Å². The zero-order valence-electron chi connectivity index (χ0n) is 19.1. The summed E-state index contributed by atoms with van der Waals surface area (Å²) >= 11 is 0. The molecule has 7 nitrogen and oxygen atoms in total. The van der Waals surface area contributed by atoms with Crippen molar-refractivity contribution < 1.29 is 14.4 Å². The van der Waals surface area contributed by atoms with Gasteiger partial charge in [0.1, 0.15) is 0 Å². The van der Waals surface area contributed by atoms with Gasteiger partial charge in [-0.1, -0.05) is 35.9 Å². The Kier molecular flexibility index (Phi) is 8.00. The van der Waals surface area contributed by atoms with E-state index in [-0.39, 0.29) is 24.1 Å². The van der Waals surface area contributed by atoms with Gasteiger partial charge < -0.3 is 15.5 Å². The van der Waals surface area contributed by atoms with Crippen molar-refractivity contribution in [3.63, 3.8) is 0 Å². The third-order valence-electron chi connectivity index (χ3n) is 5.74. The molecule has 0 bridgehead atoms. The van der Waals surface area contributed by atoms with Crippen molar-refractivity contribution in [2.75, 3.05) is 44.6 Å². The molecule has 0 radical (unpaired) electrons. The average molecular weight is 437 g/mol. The predicted molar refractivity (Wildman–Crippen MR) is 126 cm³/mol. The van der Waals surface area contributed by atoms with Crippen molar-refractivity contribution >= 4 is 23.4 Å². The van der Waals surface area contributed by atoms with Gasteiger partial charge in [0.2, 0.25) is 11.8 Å². The molecule has 1 fully saturated rings. The van der Waals surface area contributed by atoms with Gasteiger partial charge >= 0.3 is 0 Å². The van der Waals surface area contributed by atoms with Crippen LogP contribution in [0, 0.1) is 20.8 Å². The smallest absolute Gasteiger partial charge is 0.251 e. The summed E-state index contributed by atoms with van der Waals surface area (Å²) in [5.41, 5.74) is 4.59. The molecular formula is C25H32N4O3. The number of benzene rings is 2. The summed E-state index contributed by atoms with van der Waals surface area (Å²) in [6.07, 6.45) is 0.268. The number of aryl methyl sites for hydroxylation is 3.